The number of fused-ring (bicyclic) bond motifs is 1. The van der Waals surface area contributed by atoms with Crippen LogP contribution in [-0.2, 0) is 4.79 Å². The van der Waals surface area contributed by atoms with E-state index in [1.54, 1.807) is 6.20 Å². The fraction of sp³-hybridized carbons (Fsp3) is 0.273. The molecule has 0 aromatic rings. The lowest BCUT2D eigenvalue weighted by atomic mass is 9.89. The van der Waals surface area contributed by atoms with Gasteiger partial charge in [-0.2, -0.15) is 0 Å². The molecular formula is C11H12N2O2. The van der Waals surface area contributed by atoms with Crippen LogP contribution in [0.2, 0.25) is 0 Å². The summed E-state index contributed by atoms with van der Waals surface area (Å²) in [5, 5.41) is 8.72. The zero-order valence-corrected chi connectivity index (χ0v) is 8.13. The molecule has 4 heteroatoms. The Bertz CT molecular complexity index is 405. The van der Waals surface area contributed by atoms with Crippen LogP contribution in [0.25, 0.3) is 0 Å². The minimum absolute atomic E-state index is 0.125. The molecule has 3 N–H and O–H groups in total. The Morgan fingerprint density at radius 2 is 2.40 bits per heavy atom. The van der Waals surface area contributed by atoms with Gasteiger partial charge in [0.2, 0.25) is 0 Å². The van der Waals surface area contributed by atoms with Gasteiger partial charge in [0.1, 0.15) is 6.04 Å². The summed E-state index contributed by atoms with van der Waals surface area (Å²) in [5.74, 6) is -0.847. The summed E-state index contributed by atoms with van der Waals surface area (Å²) in [4.78, 5) is 14.8. The van der Waals surface area contributed by atoms with Crippen LogP contribution in [0, 0.1) is 5.92 Å². The molecule has 0 aromatic carbocycles. The number of carbonyl (C=O) groups is 1. The molecule has 78 valence electrons. The Hall–Kier alpha value is -1.68. The standard InChI is InChI=1S/C11H12N2O2/c12-9(11(14)15)5-7-6-13-10-4-2-1-3-8(7)10/h1-4,6,8-9H,5,12H2,(H,14,15)/t8?,9-/m0/s1. The van der Waals surface area contributed by atoms with E-state index in [2.05, 4.69) is 4.99 Å². The first-order valence-electron chi connectivity index (χ1n) is 4.78. The SMILES string of the molecule is N[C@@H](CC1=CN=C2C=CC=CC12)C(=O)O. The quantitative estimate of drug-likeness (QED) is 0.716. The van der Waals surface area contributed by atoms with E-state index in [0.717, 1.165) is 11.3 Å². The third-order valence-corrected chi connectivity index (χ3v) is 2.55. The second-order valence-corrected chi connectivity index (χ2v) is 3.63. The molecule has 2 atom stereocenters. The molecule has 1 aliphatic heterocycles. The minimum atomic E-state index is -0.973. The van der Waals surface area contributed by atoms with E-state index in [1.807, 2.05) is 24.3 Å². The number of rotatable bonds is 3. The van der Waals surface area contributed by atoms with E-state index in [-0.39, 0.29) is 5.92 Å². The number of nitrogens with zero attached hydrogens (tertiary/aromatic N) is 1. The third-order valence-electron chi connectivity index (χ3n) is 2.55. The number of aliphatic carboxylic acids is 1. The monoisotopic (exact) mass is 204 g/mol. The highest BCUT2D eigenvalue weighted by atomic mass is 16.4. The molecule has 1 heterocycles. The first kappa shape index (κ1) is 9.86. The normalized spacial score (nSPS) is 24.5. The topological polar surface area (TPSA) is 75.7 Å². The lowest BCUT2D eigenvalue weighted by Crippen LogP contribution is -2.31. The van der Waals surface area contributed by atoms with Crippen molar-refractivity contribution in [3.63, 3.8) is 0 Å². The lowest BCUT2D eigenvalue weighted by Gasteiger charge is -2.15. The number of hydrogen-bond donors (Lipinski definition) is 2. The van der Waals surface area contributed by atoms with E-state index < -0.39 is 12.0 Å². The van der Waals surface area contributed by atoms with Gasteiger partial charge < -0.3 is 10.8 Å². The maximum absolute atomic E-state index is 10.6. The summed E-state index contributed by atoms with van der Waals surface area (Å²) in [5.41, 5.74) is 7.42. The van der Waals surface area contributed by atoms with Crippen molar-refractivity contribution in [3.05, 3.63) is 36.1 Å². The van der Waals surface area contributed by atoms with Gasteiger partial charge in [0.05, 0.1) is 5.71 Å². The van der Waals surface area contributed by atoms with Gasteiger partial charge in [-0.15, -0.1) is 0 Å². The highest BCUT2D eigenvalue weighted by Crippen LogP contribution is 2.27. The van der Waals surface area contributed by atoms with Crippen molar-refractivity contribution in [2.24, 2.45) is 16.6 Å². The van der Waals surface area contributed by atoms with Crippen molar-refractivity contribution in [1.82, 2.24) is 0 Å². The molecular weight excluding hydrogens is 192 g/mol. The van der Waals surface area contributed by atoms with Gasteiger partial charge in [0.25, 0.3) is 0 Å². The second-order valence-electron chi connectivity index (χ2n) is 3.63. The van der Waals surface area contributed by atoms with E-state index >= 15 is 0 Å². The zero-order chi connectivity index (χ0) is 10.8. The van der Waals surface area contributed by atoms with Crippen molar-refractivity contribution < 1.29 is 9.90 Å². The first-order chi connectivity index (χ1) is 7.18. The zero-order valence-electron chi connectivity index (χ0n) is 8.13. The van der Waals surface area contributed by atoms with Crippen LogP contribution in [0.5, 0.6) is 0 Å². The third kappa shape index (κ3) is 1.89. The summed E-state index contributed by atoms with van der Waals surface area (Å²) >= 11 is 0. The van der Waals surface area contributed by atoms with E-state index in [0.29, 0.717) is 6.42 Å². The number of allylic oxidation sites excluding steroid dienone is 4. The van der Waals surface area contributed by atoms with Crippen LogP contribution in [-0.4, -0.2) is 22.8 Å². The molecule has 1 unspecified atom stereocenters. The lowest BCUT2D eigenvalue weighted by molar-refractivity contribution is -0.138. The number of aliphatic imine (C=N–C) groups is 1. The van der Waals surface area contributed by atoms with Crippen molar-refractivity contribution in [2.45, 2.75) is 12.5 Å². The van der Waals surface area contributed by atoms with Gasteiger partial charge in [-0.3, -0.25) is 9.79 Å². The highest BCUT2D eigenvalue weighted by Gasteiger charge is 2.25. The Morgan fingerprint density at radius 3 is 3.13 bits per heavy atom. The average Bonchev–Trinajstić information content (AvgIpc) is 2.62. The molecule has 0 radical (unpaired) electrons. The fourth-order valence-corrected chi connectivity index (χ4v) is 1.73. The highest BCUT2D eigenvalue weighted by molar-refractivity contribution is 6.03. The molecule has 0 saturated heterocycles. The van der Waals surface area contributed by atoms with Crippen LogP contribution in [0.3, 0.4) is 0 Å². The Morgan fingerprint density at radius 1 is 1.60 bits per heavy atom. The van der Waals surface area contributed by atoms with Crippen LogP contribution in [0.15, 0.2) is 41.1 Å². The van der Waals surface area contributed by atoms with Crippen LogP contribution in [0.4, 0.5) is 0 Å². The Balaban J connectivity index is 2.06. The predicted octanol–water partition coefficient (Wildman–Crippen LogP) is 0.869. The van der Waals surface area contributed by atoms with Gasteiger partial charge in [-0.1, -0.05) is 18.2 Å². The minimum Gasteiger partial charge on any atom is -0.480 e. The van der Waals surface area contributed by atoms with Crippen LogP contribution >= 0.6 is 0 Å². The van der Waals surface area contributed by atoms with Crippen molar-refractivity contribution in [1.29, 1.82) is 0 Å². The average molecular weight is 204 g/mol. The summed E-state index contributed by atoms with van der Waals surface area (Å²) in [6.07, 6.45) is 9.87. The van der Waals surface area contributed by atoms with Gasteiger partial charge in [-0.05, 0) is 18.1 Å². The molecule has 0 fully saturated rings. The number of nitrogens with two attached hydrogens (primary N) is 1. The molecule has 1 aliphatic carbocycles. The van der Waals surface area contributed by atoms with Gasteiger partial charge >= 0.3 is 5.97 Å². The van der Waals surface area contributed by atoms with Gasteiger partial charge in [0, 0.05) is 12.1 Å². The molecule has 15 heavy (non-hydrogen) atoms. The fourth-order valence-electron chi connectivity index (χ4n) is 1.73. The summed E-state index contributed by atoms with van der Waals surface area (Å²) in [6.45, 7) is 0. The van der Waals surface area contributed by atoms with Crippen molar-refractivity contribution in [2.75, 3.05) is 0 Å². The Kier molecular flexibility index (Phi) is 2.51. The van der Waals surface area contributed by atoms with Crippen molar-refractivity contribution >= 4 is 11.7 Å². The second kappa shape index (κ2) is 3.82. The summed E-state index contributed by atoms with van der Waals surface area (Å²) in [7, 11) is 0. The molecule has 0 amide bonds. The largest absolute Gasteiger partial charge is 0.480 e. The summed E-state index contributed by atoms with van der Waals surface area (Å²) in [6, 6.07) is -0.842. The van der Waals surface area contributed by atoms with Gasteiger partial charge in [0.15, 0.2) is 0 Å². The predicted molar refractivity (Wildman–Crippen MR) is 57.5 cm³/mol. The summed E-state index contributed by atoms with van der Waals surface area (Å²) < 4.78 is 0. The van der Waals surface area contributed by atoms with E-state index in [4.69, 9.17) is 10.8 Å². The Labute approximate surface area is 87.5 Å². The number of carboxylic acids is 1. The van der Waals surface area contributed by atoms with Gasteiger partial charge in [-0.25, -0.2) is 0 Å². The first-order valence-corrected chi connectivity index (χ1v) is 4.78. The van der Waals surface area contributed by atoms with Crippen LogP contribution in [0.1, 0.15) is 6.42 Å². The molecule has 2 aliphatic rings. The van der Waals surface area contributed by atoms with E-state index in [1.165, 1.54) is 0 Å². The van der Waals surface area contributed by atoms with Crippen molar-refractivity contribution in [3.8, 4) is 0 Å². The smallest absolute Gasteiger partial charge is 0.320 e. The maximum atomic E-state index is 10.6. The molecule has 0 bridgehead atoms. The van der Waals surface area contributed by atoms with E-state index in [9.17, 15) is 4.79 Å². The number of carboxylic acid groups (broad SMARTS) is 1. The molecule has 0 aromatic heterocycles. The maximum Gasteiger partial charge on any atom is 0.320 e. The molecule has 2 rings (SSSR count). The molecule has 0 spiro atoms. The van der Waals surface area contributed by atoms with Crippen LogP contribution < -0.4 is 5.73 Å². The molecule has 0 saturated carbocycles. The molecule has 4 nitrogen and oxygen atoms in total. The number of hydrogen-bond acceptors (Lipinski definition) is 3.